The first-order valence-electron chi connectivity index (χ1n) is 8.35. The number of carbonyl (C=O) groups excluding carboxylic acids is 1. The third-order valence-electron chi connectivity index (χ3n) is 4.45. The van der Waals surface area contributed by atoms with Crippen molar-refractivity contribution in [3.05, 3.63) is 95.6 Å². The van der Waals surface area contributed by atoms with Crippen molar-refractivity contribution in [3.63, 3.8) is 0 Å². The average molecular weight is 361 g/mol. The summed E-state index contributed by atoms with van der Waals surface area (Å²) in [5, 5.41) is 0.549. The molecule has 128 valence electrons. The fourth-order valence-corrected chi connectivity index (χ4v) is 3.39. The second-order valence-electron chi connectivity index (χ2n) is 6.10. The molecule has 0 spiro atoms. The van der Waals surface area contributed by atoms with Gasteiger partial charge in [-0.25, -0.2) is 0 Å². The largest absolute Gasteiger partial charge is 0.350 e. The number of halogens is 1. The quantitative estimate of drug-likeness (QED) is 0.576. The standard InChI is InChI=1S/C22H17ClN2O/c1-24(16-9-3-2-4-10-16)15-18-17-11-5-7-13-20(17)25(22(18)26)21-14-8-6-12-19(21)23/h2-15H,1H3. The van der Waals surface area contributed by atoms with E-state index in [9.17, 15) is 4.79 Å². The Morgan fingerprint density at radius 1 is 0.846 bits per heavy atom. The van der Waals surface area contributed by atoms with Crippen LogP contribution in [0.1, 0.15) is 5.56 Å². The van der Waals surface area contributed by atoms with Crippen molar-refractivity contribution < 1.29 is 4.79 Å². The first-order chi connectivity index (χ1) is 12.7. The van der Waals surface area contributed by atoms with Gasteiger partial charge in [-0.3, -0.25) is 9.69 Å². The van der Waals surface area contributed by atoms with Gasteiger partial charge in [-0.2, -0.15) is 0 Å². The summed E-state index contributed by atoms with van der Waals surface area (Å²) in [7, 11) is 1.94. The summed E-state index contributed by atoms with van der Waals surface area (Å²) in [6.07, 6.45) is 1.88. The second kappa shape index (κ2) is 6.70. The Bertz CT molecular complexity index is 998. The van der Waals surface area contributed by atoms with E-state index >= 15 is 0 Å². The average Bonchev–Trinajstić information content (AvgIpc) is 2.95. The Balaban J connectivity index is 1.82. The summed E-state index contributed by atoms with van der Waals surface area (Å²) in [4.78, 5) is 16.9. The zero-order valence-electron chi connectivity index (χ0n) is 14.3. The molecular formula is C22H17ClN2O. The van der Waals surface area contributed by atoms with Crippen LogP contribution in [0.2, 0.25) is 5.02 Å². The van der Waals surface area contributed by atoms with Crippen molar-refractivity contribution in [1.82, 2.24) is 0 Å². The minimum Gasteiger partial charge on any atom is -0.350 e. The van der Waals surface area contributed by atoms with Crippen LogP contribution in [0.25, 0.3) is 5.57 Å². The molecule has 4 rings (SSSR count). The monoisotopic (exact) mass is 360 g/mol. The Morgan fingerprint density at radius 3 is 2.19 bits per heavy atom. The summed E-state index contributed by atoms with van der Waals surface area (Å²) in [6, 6.07) is 25.1. The first-order valence-corrected chi connectivity index (χ1v) is 8.72. The maximum Gasteiger partial charge on any atom is 0.265 e. The normalized spacial score (nSPS) is 14.6. The maximum atomic E-state index is 13.3. The van der Waals surface area contributed by atoms with Gasteiger partial charge in [-0.15, -0.1) is 0 Å². The molecule has 0 aliphatic carbocycles. The molecule has 0 aromatic heterocycles. The molecule has 1 heterocycles. The van der Waals surface area contributed by atoms with Gasteiger partial charge in [0.05, 0.1) is 22.0 Å². The molecule has 0 saturated heterocycles. The Morgan fingerprint density at radius 2 is 1.46 bits per heavy atom. The zero-order chi connectivity index (χ0) is 18.1. The summed E-state index contributed by atoms with van der Waals surface area (Å²) in [6.45, 7) is 0. The molecule has 0 N–H and O–H groups in total. The summed E-state index contributed by atoms with van der Waals surface area (Å²) < 4.78 is 0. The first kappa shape index (κ1) is 16.4. The van der Waals surface area contributed by atoms with Gasteiger partial charge in [-0.05, 0) is 30.3 Å². The van der Waals surface area contributed by atoms with E-state index < -0.39 is 0 Å². The number of anilines is 3. The van der Waals surface area contributed by atoms with E-state index in [1.165, 1.54) is 0 Å². The number of para-hydroxylation sites is 3. The van der Waals surface area contributed by atoms with E-state index in [0.717, 1.165) is 16.9 Å². The third-order valence-corrected chi connectivity index (χ3v) is 4.77. The molecular weight excluding hydrogens is 344 g/mol. The lowest BCUT2D eigenvalue weighted by atomic mass is 10.1. The summed E-state index contributed by atoms with van der Waals surface area (Å²) in [5.74, 6) is -0.0814. The van der Waals surface area contributed by atoms with Crippen LogP contribution >= 0.6 is 11.6 Å². The van der Waals surface area contributed by atoms with Crippen LogP contribution in [-0.4, -0.2) is 13.0 Å². The third kappa shape index (κ3) is 2.76. The van der Waals surface area contributed by atoms with Crippen LogP contribution in [0.4, 0.5) is 17.1 Å². The van der Waals surface area contributed by atoms with Crippen LogP contribution in [0.5, 0.6) is 0 Å². The topological polar surface area (TPSA) is 23.6 Å². The number of nitrogens with zero attached hydrogens (tertiary/aromatic N) is 2. The molecule has 3 aromatic rings. The highest BCUT2D eigenvalue weighted by molar-refractivity contribution is 6.39. The number of benzene rings is 3. The number of rotatable bonds is 3. The van der Waals surface area contributed by atoms with Gasteiger partial charge < -0.3 is 4.90 Å². The van der Waals surface area contributed by atoms with Gasteiger partial charge in [-0.1, -0.05) is 60.1 Å². The van der Waals surface area contributed by atoms with Gasteiger partial charge in [0, 0.05) is 24.5 Å². The lowest BCUT2D eigenvalue weighted by Crippen LogP contribution is -2.21. The van der Waals surface area contributed by atoms with Crippen molar-refractivity contribution in [2.75, 3.05) is 16.8 Å². The van der Waals surface area contributed by atoms with Gasteiger partial charge in [0.2, 0.25) is 0 Å². The van der Waals surface area contributed by atoms with Crippen molar-refractivity contribution in [2.45, 2.75) is 0 Å². The molecule has 0 saturated carbocycles. The van der Waals surface area contributed by atoms with Gasteiger partial charge in [0.25, 0.3) is 5.91 Å². The van der Waals surface area contributed by atoms with E-state index in [2.05, 4.69) is 0 Å². The number of hydrogen-bond acceptors (Lipinski definition) is 2. The van der Waals surface area contributed by atoms with Crippen LogP contribution in [0, 0.1) is 0 Å². The van der Waals surface area contributed by atoms with Crippen molar-refractivity contribution >= 4 is 40.1 Å². The SMILES string of the molecule is CN(C=C1C(=O)N(c2ccccc2Cl)c2ccccc21)c1ccccc1. The fraction of sp³-hybridized carbons (Fsp3) is 0.0455. The smallest absolute Gasteiger partial charge is 0.265 e. The molecule has 26 heavy (non-hydrogen) atoms. The van der Waals surface area contributed by atoms with E-state index in [-0.39, 0.29) is 5.91 Å². The highest BCUT2D eigenvalue weighted by Gasteiger charge is 2.34. The number of hydrogen-bond donors (Lipinski definition) is 0. The molecule has 0 fully saturated rings. The number of amides is 1. The molecule has 0 bridgehead atoms. The highest BCUT2D eigenvalue weighted by atomic mass is 35.5. The van der Waals surface area contributed by atoms with Crippen LogP contribution in [0.15, 0.2) is 85.1 Å². The lowest BCUT2D eigenvalue weighted by molar-refractivity contribution is -0.112. The lowest BCUT2D eigenvalue weighted by Gasteiger charge is -2.19. The van der Waals surface area contributed by atoms with Crippen molar-refractivity contribution in [1.29, 1.82) is 0 Å². The van der Waals surface area contributed by atoms with E-state index in [0.29, 0.717) is 16.3 Å². The Labute approximate surface area is 157 Å². The van der Waals surface area contributed by atoms with Crippen LogP contribution in [0.3, 0.4) is 0 Å². The van der Waals surface area contributed by atoms with Crippen LogP contribution < -0.4 is 9.80 Å². The van der Waals surface area contributed by atoms with Crippen LogP contribution in [-0.2, 0) is 4.79 Å². The molecule has 4 heteroatoms. The summed E-state index contributed by atoms with van der Waals surface area (Å²) >= 11 is 6.36. The van der Waals surface area contributed by atoms with Gasteiger partial charge in [0.15, 0.2) is 0 Å². The zero-order valence-corrected chi connectivity index (χ0v) is 15.0. The van der Waals surface area contributed by atoms with E-state index in [1.54, 1.807) is 11.0 Å². The molecule has 1 aliphatic rings. The van der Waals surface area contributed by atoms with Crippen molar-refractivity contribution in [3.8, 4) is 0 Å². The summed E-state index contributed by atoms with van der Waals surface area (Å²) in [5.41, 5.74) is 4.10. The predicted octanol–water partition coefficient (Wildman–Crippen LogP) is 5.50. The van der Waals surface area contributed by atoms with Gasteiger partial charge in [0.1, 0.15) is 0 Å². The molecule has 1 amide bonds. The minimum atomic E-state index is -0.0814. The number of fused-ring (bicyclic) bond motifs is 1. The Kier molecular flexibility index (Phi) is 4.23. The molecule has 0 atom stereocenters. The molecule has 3 nitrogen and oxygen atoms in total. The second-order valence-corrected chi connectivity index (χ2v) is 6.51. The number of carbonyl (C=O) groups is 1. The molecule has 3 aromatic carbocycles. The molecule has 0 radical (unpaired) electrons. The Hall–Kier alpha value is -3.04. The minimum absolute atomic E-state index is 0.0814. The van der Waals surface area contributed by atoms with E-state index in [4.69, 9.17) is 11.6 Å². The highest BCUT2D eigenvalue weighted by Crippen LogP contribution is 2.43. The molecule has 1 aliphatic heterocycles. The fourth-order valence-electron chi connectivity index (χ4n) is 3.17. The van der Waals surface area contributed by atoms with E-state index in [1.807, 2.05) is 90.9 Å². The molecule has 0 unspecified atom stereocenters. The maximum absolute atomic E-state index is 13.3. The predicted molar refractivity (Wildman–Crippen MR) is 108 cm³/mol. The van der Waals surface area contributed by atoms with Gasteiger partial charge >= 0.3 is 0 Å². The van der Waals surface area contributed by atoms with Crippen molar-refractivity contribution in [2.24, 2.45) is 0 Å².